The van der Waals surface area contributed by atoms with Crippen LogP contribution in [0, 0.1) is 5.92 Å². The van der Waals surface area contributed by atoms with Crippen LogP contribution in [-0.2, 0) is 14.3 Å². The highest BCUT2D eigenvalue weighted by Gasteiger charge is 2.30. The van der Waals surface area contributed by atoms with Crippen molar-refractivity contribution >= 4 is 36.6 Å². The lowest BCUT2D eigenvalue weighted by Gasteiger charge is -2.32. The van der Waals surface area contributed by atoms with Gasteiger partial charge in [-0.05, 0) is 65.5 Å². The maximum Gasteiger partial charge on any atom is 0.249 e. The van der Waals surface area contributed by atoms with Crippen LogP contribution >= 0.6 is 24.8 Å². The van der Waals surface area contributed by atoms with E-state index in [0.717, 1.165) is 38.8 Å². The van der Waals surface area contributed by atoms with Crippen molar-refractivity contribution in [2.45, 2.75) is 64.2 Å². The van der Waals surface area contributed by atoms with Gasteiger partial charge in [0.1, 0.15) is 6.10 Å². The minimum absolute atomic E-state index is 0. The first kappa shape index (κ1) is 26.4. The molecule has 2 heterocycles. The third-order valence-corrected chi connectivity index (χ3v) is 4.82. The minimum atomic E-state index is -0.338. The maximum absolute atomic E-state index is 12.2. The summed E-state index contributed by atoms with van der Waals surface area (Å²) in [6.45, 7) is 9.38. The molecule has 0 saturated carbocycles. The number of carbonyl (C=O) groups excluding carboxylic acids is 2. The van der Waals surface area contributed by atoms with E-state index in [1.165, 1.54) is 0 Å². The molecule has 0 aliphatic carbocycles. The first-order valence-electron chi connectivity index (χ1n) is 9.43. The molecule has 27 heavy (non-hydrogen) atoms. The minimum Gasteiger partial charge on any atom is -0.364 e. The fourth-order valence-corrected chi connectivity index (χ4v) is 3.44. The molecule has 0 radical (unpaired) electrons. The van der Waals surface area contributed by atoms with Crippen molar-refractivity contribution in [3.05, 3.63) is 0 Å². The molecule has 2 atom stereocenters. The standard InChI is InChI=1S/C18H34N4O3.2ClH/c1-18(2,3)21-16(23)12-22-8-6-13(7-9-22)11-20-17(24)15-5-4-14(10-19)25-15;;/h13-15H,4-12,19H2,1-3H3,(H,20,24)(H,21,23);2*1H/t14-,15+;;/m1../s1. The smallest absolute Gasteiger partial charge is 0.249 e. The fourth-order valence-electron chi connectivity index (χ4n) is 3.44. The van der Waals surface area contributed by atoms with Gasteiger partial charge < -0.3 is 21.1 Å². The van der Waals surface area contributed by atoms with E-state index in [0.29, 0.717) is 25.6 Å². The van der Waals surface area contributed by atoms with Crippen LogP contribution < -0.4 is 16.4 Å². The number of nitrogens with two attached hydrogens (primary N) is 1. The molecule has 4 N–H and O–H groups in total. The first-order chi connectivity index (χ1) is 11.8. The van der Waals surface area contributed by atoms with Crippen molar-refractivity contribution in [2.24, 2.45) is 11.7 Å². The topological polar surface area (TPSA) is 96.7 Å². The zero-order chi connectivity index (χ0) is 18.4. The van der Waals surface area contributed by atoms with E-state index < -0.39 is 0 Å². The third kappa shape index (κ3) is 9.43. The van der Waals surface area contributed by atoms with Crippen molar-refractivity contribution in [2.75, 3.05) is 32.7 Å². The number of nitrogens with zero attached hydrogens (tertiary/aromatic N) is 1. The first-order valence-corrected chi connectivity index (χ1v) is 9.43. The van der Waals surface area contributed by atoms with E-state index in [9.17, 15) is 9.59 Å². The van der Waals surface area contributed by atoms with Gasteiger partial charge in [-0.1, -0.05) is 0 Å². The number of hydrogen-bond donors (Lipinski definition) is 3. The Morgan fingerprint density at radius 3 is 2.26 bits per heavy atom. The molecule has 0 spiro atoms. The molecule has 160 valence electrons. The van der Waals surface area contributed by atoms with Crippen molar-refractivity contribution in [3.8, 4) is 0 Å². The molecule has 2 aliphatic rings. The SMILES string of the molecule is CC(C)(C)NC(=O)CN1CCC(CNC(=O)[C@@H]2CC[C@H](CN)O2)CC1.Cl.Cl. The monoisotopic (exact) mass is 426 g/mol. The molecule has 2 amide bonds. The summed E-state index contributed by atoms with van der Waals surface area (Å²) in [4.78, 5) is 26.3. The zero-order valence-corrected chi connectivity index (χ0v) is 18.3. The molecule has 0 bridgehead atoms. The van der Waals surface area contributed by atoms with Crippen LogP contribution in [0.15, 0.2) is 0 Å². The average Bonchev–Trinajstić information content (AvgIpc) is 3.01. The summed E-state index contributed by atoms with van der Waals surface area (Å²) in [6, 6.07) is 0. The van der Waals surface area contributed by atoms with Gasteiger partial charge in [0.25, 0.3) is 0 Å². The van der Waals surface area contributed by atoms with Crippen LogP contribution in [0.5, 0.6) is 0 Å². The Hall–Kier alpha value is -0.600. The second-order valence-electron chi connectivity index (χ2n) is 8.32. The summed E-state index contributed by atoms with van der Waals surface area (Å²) in [6.07, 6.45) is 3.31. The number of carbonyl (C=O) groups is 2. The second-order valence-corrected chi connectivity index (χ2v) is 8.32. The largest absolute Gasteiger partial charge is 0.364 e. The van der Waals surface area contributed by atoms with Crippen molar-refractivity contribution in [1.29, 1.82) is 0 Å². The number of nitrogens with one attached hydrogen (secondary N) is 2. The normalized spacial score (nSPS) is 23.9. The Morgan fingerprint density at radius 2 is 1.74 bits per heavy atom. The van der Waals surface area contributed by atoms with E-state index >= 15 is 0 Å². The number of ether oxygens (including phenoxy) is 1. The lowest BCUT2D eigenvalue weighted by Crippen LogP contribution is -2.48. The van der Waals surface area contributed by atoms with E-state index in [2.05, 4.69) is 15.5 Å². The molecule has 2 aliphatic heterocycles. The quantitative estimate of drug-likeness (QED) is 0.590. The Labute approximate surface area is 175 Å². The number of likely N-dealkylation sites (tertiary alicyclic amines) is 1. The van der Waals surface area contributed by atoms with Crippen LogP contribution in [-0.4, -0.2) is 67.2 Å². The van der Waals surface area contributed by atoms with Gasteiger partial charge >= 0.3 is 0 Å². The Balaban J connectivity index is 0.00000338. The number of halogens is 2. The number of rotatable bonds is 6. The Bertz CT molecular complexity index is 466. The molecule has 2 rings (SSSR count). The van der Waals surface area contributed by atoms with Gasteiger partial charge in [0.2, 0.25) is 11.8 Å². The molecule has 0 unspecified atom stereocenters. The van der Waals surface area contributed by atoms with Gasteiger partial charge in [-0.3, -0.25) is 14.5 Å². The summed E-state index contributed by atoms with van der Waals surface area (Å²) < 4.78 is 5.62. The molecular formula is C18H36Cl2N4O3. The Kier molecular flexibility index (Phi) is 11.8. The summed E-state index contributed by atoms with van der Waals surface area (Å²) in [5.74, 6) is 0.535. The summed E-state index contributed by atoms with van der Waals surface area (Å²) in [5, 5.41) is 6.02. The van der Waals surface area contributed by atoms with Gasteiger partial charge in [-0.15, -0.1) is 24.8 Å². The van der Waals surface area contributed by atoms with Crippen LogP contribution in [0.1, 0.15) is 46.5 Å². The number of hydrogen-bond acceptors (Lipinski definition) is 5. The highest BCUT2D eigenvalue weighted by molar-refractivity contribution is 5.85. The van der Waals surface area contributed by atoms with Gasteiger partial charge in [-0.25, -0.2) is 0 Å². The van der Waals surface area contributed by atoms with Crippen LogP contribution in [0.25, 0.3) is 0 Å². The lowest BCUT2D eigenvalue weighted by molar-refractivity contribution is -0.132. The molecule has 7 nitrogen and oxygen atoms in total. The van der Waals surface area contributed by atoms with E-state index in [1.807, 2.05) is 20.8 Å². The molecule has 9 heteroatoms. The average molecular weight is 427 g/mol. The molecule has 2 saturated heterocycles. The predicted octanol–water partition coefficient (Wildman–Crippen LogP) is 1.08. The molecule has 0 aromatic rings. The van der Waals surface area contributed by atoms with Crippen molar-refractivity contribution in [1.82, 2.24) is 15.5 Å². The highest BCUT2D eigenvalue weighted by atomic mass is 35.5. The van der Waals surface area contributed by atoms with E-state index in [1.54, 1.807) is 0 Å². The van der Waals surface area contributed by atoms with Gasteiger partial charge in [0.15, 0.2) is 0 Å². The summed E-state index contributed by atoms with van der Waals surface area (Å²) in [7, 11) is 0. The predicted molar refractivity (Wildman–Crippen MR) is 112 cm³/mol. The van der Waals surface area contributed by atoms with Crippen LogP contribution in [0.2, 0.25) is 0 Å². The number of amides is 2. The van der Waals surface area contributed by atoms with E-state index in [4.69, 9.17) is 10.5 Å². The molecule has 0 aromatic heterocycles. The van der Waals surface area contributed by atoms with Gasteiger partial charge in [0, 0.05) is 18.6 Å². The van der Waals surface area contributed by atoms with Gasteiger partial charge in [0.05, 0.1) is 12.6 Å². The summed E-state index contributed by atoms with van der Waals surface area (Å²) >= 11 is 0. The number of piperidine rings is 1. The maximum atomic E-state index is 12.2. The highest BCUT2D eigenvalue weighted by Crippen LogP contribution is 2.20. The van der Waals surface area contributed by atoms with Crippen molar-refractivity contribution in [3.63, 3.8) is 0 Å². The molecular weight excluding hydrogens is 391 g/mol. The van der Waals surface area contributed by atoms with Crippen LogP contribution in [0.4, 0.5) is 0 Å². The second kappa shape index (κ2) is 12.1. The van der Waals surface area contributed by atoms with Crippen molar-refractivity contribution < 1.29 is 14.3 Å². The molecule has 2 fully saturated rings. The Morgan fingerprint density at radius 1 is 1.11 bits per heavy atom. The summed E-state index contributed by atoms with van der Waals surface area (Å²) in [5.41, 5.74) is 5.39. The zero-order valence-electron chi connectivity index (χ0n) is 16.7. The fraction of sp³-hybridized carbons (Fsp3) is 0.889. The van der Waals surface area contributed by atoms with Gasteiger partial charge in [-0.2, -0.15) is 0 Å². The van der Waals surface area contributed by atoms with Crippen LogP contribution in [0.3, 0.4) is 0 Å². The lowest BCUT2D eigenvalue weighted by atomic mass is 9.96. The van der Waals surface area contributed by atoms with E-state index in [-0.39, 0.29) is 54.4 Å². The third-order valence-electron chi connectivity index (χ3n) is 4.82. The molecule has 0 aromatic carbocycles.